The lowest BCUT2D eigenvalue weighted by Crippen LogP contribution is -2.52. The maximum atomic E-state index is 13.2. The van der Waals surface area contributed by atoms with Crippen molar-refractivity contribution in [3.8, 4) is 0 Å². The standard InChI is InChI=1S/C22H32F3N3O3/c1-17(2)15-19(29)26-20(18-7-4-3-5-8-18)21(30)28-12-10-27(11-13-28)9-6-14-31-16-22(23,24)25/h3-5,7-8,17,20H,6,9-16H2,1-2H3,(H,26,29). The number of benzene rings is 1. The summed E-state index contributed by atoms with van der Waals surface area (Å²) in [5.41, 5.74) is 0.744. The Kier molecular flexibility index (Phi) is 9.77. The van der Waals surface area contributed by atoms with Gasteiger partial charge in [0.15, 0.2) is 0 Å². The van der Waals surface area contributed by atoms with Crippen LogP contribution in [0.3, 0.4) is 0 Å². The monoisotopic (exact) mass is 443 g/mol. The number of nitrogens with one attached hydrogen (secondary N) is 1. The summed E-state index contributed by atoms with van der Waals surface area (Å²) in [6.07, 6.45) is -3.45. The van der Waals surface area contributed by atoms with Gasteiger partial charge in [0.2, 0.25) is 11.8 Å². The van der Waals surface area contributed by atoms with Gasteiger partial charge in [-0.3, -0.25) is 14.5 Å². The van der Waals surface area contributed by atoms with Gasteiger partial charge in [-0.1, -0.05) is 44.2 Å². The highest BCUT2D eigenvalue weighted by Gasteiger charge is 2.30. The molecule has 6 nitrogen and oxygen atoms in total. The molecule has 0 saturated carbocycles. The normalized spacial score (nSPS) is 16.4. The first-order chi connectivity index (χ1) is 14.7. The molecule has 1 saturated heterocycles. The molecule has 1 unspecified atom stereocenters. The second kappa shape index (κ2) is 12.0. The summed E-state index contributed by atoms with van der Waals surface area (Å²) < 4.78 is 40.9. The van der Waals surface area contributed by atoms with Gasteiger partial charge in [0, 0.05) is 45.8 Å². The van der Waals surface area contributed by atoms with Crippen LogP contribution < -0.4 is 5.32 Å². The molecular formula is C22H32F3N3O3. The molecule has 0 spiro atoms. The van der Waals surface area contributed by atoms with E-state index in [1.807, 2.05) is 44.2 Å². The number of alkyl halides is 3. The summed E-state index contributed by atoms with van der Waals surface area (Å²) in [6.45, 7) is 5.62. The third-order valence-electron chi connectivity index (χ3n) is 4.99. The summed E-state index contributed by atoms with van der Waals surface area (Å²) in [7, 11) is 0. The molecule has 1 N–H and O–H groups in total. The van der Waals surface area contributed by atoms with E-state index in [1.165, 1.54) is 0 Å². The first kappa shape index (κ1) is 25.1. The average molecular weight is 444 g/mol. The van der Waals surface area contributed by atoms with Gasteiger partial charge in [-0.15, -0.1) is 0 Å². The molecule has 0 aromatic heterocycles. The van der Waals surface area contributed by atoms with Gasteiger partial charge in [0.05, 0.1) is 0 Å². The highest BCUT2D eigenvalue weighted by atomic mass is 19.4. The molecule has 1 atom stereocenters. The van der Waals surface area contributed by atoms with Crippen molar-refractivity contribution >= 4 is 11.8 Å². The van der Waals surface area contributed by atoms with E-state index in [1.54, 1.807) is 4.90 Å². The van der Waals surface area contributed by atoms with Gasteiger partial charge in [-0.25, -0.2) is 0 Å². The van der Waals surface area contributed by atoms with Gasteiger partial charge in [0.25, 0.3) is 0 Å². The molecule has 0 aliphatic carbocycles. The molecule has 2 amide bonds. The summed E-state index contributed by atoms with van der Waals surface area (Å²) >= 11 is 0. The van der Waals surface area contributed by atoms with E-state index in [4.69, 9.17) is 0 Å². The predicted molar refractivity (Wildman–Crippen MR) is 111 cm³/mol. The average Bonchev–Trinajstić information content (AvgIpc) is 2.71. The van der Waals surface area contributed by atoms with Crippen molar-refractivity contribution in [1.29, 1.82) is 0 Å². The number of rotatable bonds is 10. The van der Waals surface area contributed by atoms with Gasteiger partial charge in [-0.05, 0) is 17.9 Å². The third-order valence-corrected chi connectivity index (χ3v) is 4.99. The van der Waals surface area contributed by atoms with E-state index in [9.17, 15) is 22.8 Å². The fourth-order valence-corrected chi connectivity index (χ4v) is 3.48. The number of hydrogen-bond donors (Lipinski definition) is 1. The van der Waals surface area contributed by atoms with E-state index in [0.717, 1.165) is 5.56 Å². The SMILES string of the molecule is CC(C)CC(=O)NC(C(=O)N1CCN(CCCOCC(F)(F)F)CC1)c1ccccc1. The van der Waals surface area contributed by atoms with E-state index >= 15 is 0 Å². The van der Waals surface area contributed by atoms with Crippen LogP contribution in [0.4, 0.5) is 13.2 Å². The quantitative estimate of drug-likeness (QED) is 0.565. The molecule has 1 heterocycles. The van der Waals surface area contributed by atoms with Crippen LogP contribution in [0.5, 0.6) is 0 Å². The van der Waals surface area contributed by atoms with Crippen LogP contribution in [0.2, 0.25) is 0 Å². The summed E-state index contributed by atoms with van der Waals surface area (Å²) in [5, 5.41) is 2.88. The van der Waals surface area contributed by atoms with E-state index in [-0.39, 0.29) is 24.3 Å². The van der Waals surface area contributed by atoms with Gasteiger partial charge in [0.1, 0.15) is 12.6 Å². The Bertz CT molecular complexity index is 690. The number of hydrogen-bond acceptors (Lipinski definition) is 4. The lowest BCUT2D eigenvalue weighted by atomic mass is 10.0. The maximum Gasteiger partial charge on any atom is 0.411 e. The summed E-state index contributed by atoms with van der Waals surface area (Å²) in [5.74, 6) is -0.110. The minimum Gasteiger partial charge on any atom is -0.372 e. The Morgan fingerprint density at radius 1 is 1.10 bits per heavy atom. The molecule has 1 aromatic rings. The minimum atomic E-state index is -4.30. The summed E-state index contributed by atoms with van der Waals surface area (Å²) in [6, 6.07) is 8.46. The van der Waals surface area contributed by atoms with Crippen molar-refractivity contribution in [1.82, 2.24) is 15.1 Å². The lowest BCUT2D eigenvalue weighted by Gasteiger charge is -2.36. The molecule has 31 heavy (non-hydrogen) atoms. The summed E-state index contributed by atoms with van der Waals surface area (Å²) in [4.78, 5) is 29.4. The fourth-order valence-electron chi connectivity index (χ4n) is 3.48. The second-order valence-electron chi connectivity index (χ2n) is 8.20. The van der Waals surface area contributed by atoms with Crippen LogP contribution in [-0.2, 0) is 14.3 Å². The van der Waals surface area contributed by atoms with Gasteiger partial charge in [-0.2, -0.15) is 13.2 Å². The number of amides is 2. The zero-order valence-corrected chi connectivity index (χ0v) is 18.2. The second-order valence-corrected chi connectivity index (χ2v) is 8.20. The van der Waals surface area contributed by atoms with Crippen molar-refractivity contribution < 1.29 is 27.5 Å². The zero-order chi connectivity index (χ0) is 22.9. The molecular weight excluding hydrogens is 411 g/mol. The molecule has 1 aliphatic rings. The van der Waals surface area contributed by atoms with E-state index < -0.39 is 18.8 Å². The number of carbonyl (C=O) groups excluding carboxylic acids is 2. The maximum absolute atomic E-state index is 13.2. The molecule has 0 bridgehead atoms. The fraction of sp³-hybridized carbons (Fsp3) is 0.636. The van der Waals surface area contributed by atoms with Crippen LogP contribution in [0.25, 0.3) is 0 Å². The van der Waals surface area contributed by atoms with Crippen molar-refractivity contribution in [3.63, 3.8) is 0 Å². The van der Waals surface area contributed by atoms with Crippen LogP contribution in [0, 0.1) is 5.92 Å². The Morgan fingerprint density at radius 2 is 1.74 bits per heavy atom. The van der Waals surface area contributed by atoms with Gasteiger partial charge < -0.3 is 15.0 Å². The Hall–Kier alpha value is -2.13. The highest BCUT2D eigenvalue weighted by molar-refractivity contribution is 5.88. The van der Waals surface area contributed by atoms with Crippen molar-refractivity contribution in [2.24, 2.45) is 5.92 Å². The number of piperazine rings is 1. The Morgan fingerprint density at radius 3 is 2.32 bits per heavy atom. The Balaban J connectivity index is 1.85. The van der Waals surface area contributed by atoms with Crippen molar-refractivity contribution in [3.05, 3.63) is 35.9 Å². The Labute approximate surface area is 181 Å². The largest absolute Gasteiger partial charge is 0.411 e. The molecule has 2 rings (SSSR count). The van der Waals surface area contributed by atoms with Crippen molar-refractivity contribution in [2.75, 3.05) is 45.9 Å². The van der Waals surface area contributed by atoms with Crippen molar-refractivity contribution in [2.45, 2.75) is 38.9 Å². The first-order valence-corrected chi connectivity index (χ1v) is 10.7. The minimum absolute atomic E-state index is 0.0522. The molecule has 1 fully saturated rings. The van der Waals surface area contributed by atoms with Crippen LogP contribution in [0.15, 0.2) is 30.3 Å². The van der Waals surface area contributed by atoms with E-state index in [0.29, 0.717) is 45.6 Å². The van der Waals surface area contributed by atoms with Gasteiger partial charge >= 0.3 is 6.18 Å². The molecule has 9 heteroatoms. The molecule has 1 aliphatic heterocycles. The van der Waals surface area contributed by atoms with Crippen LogP contribution in [-0.4, -0.2) is 73.7 Å². The highest BCUT2D eigenvalue weighted by Crippen LogP contribution is 2.18. The third kappa shape index (κ3) is 9.26. The molecule has 174 valence electrons. The smallest absolute Gasteiger partial charge is 0.372 e. The zero-order valence-electron chi connectivity index (χ0n) is 18.2. The van der Waals surface area contributed by atoms with Crippen LogP contribution >= 0.6 is 0 Å². The number of carbonyl (C=O) groups is 2. The molecule has 0 radical (unpaired) electrons. The molecule has 1 aromatic carbocycles. The number of nitrogens with zero attached hydrogens (tertiary/aromatic N) is 2. The lowest BCUT2D eigenvalue weighted by molar-refractivity contribution is -0.174. The number of halogens is 3. The first-order valence-electron chi connectivity index (χ1n) is 10.7. The van der Waals surface area contributed by atoms with Crippen LogP contribution in [0.1, 0.15) is 38.3 Å². The topological polar surface area (TPSA) is 61.9 Å². The van der Waals surface area contributed by atoms with E-state index in [2.05, 4.69) is 15.0 Å². The predicted octanol–water partition coefficient (Wildman–Crippen LogP) is 3.00. The number of ether oxygens (including phenoxy) is 1.